The molecular weight excluding hydrogens is 344 g/mol. The van der Waals surface area contributed by atoms with Crippen molar-refractivity contribution in [3.8, 4) is 5.75 Å². The van der Waals surface area contributed by atoms with Crippen molar-refractivity contribution in [1.29, 1.82) is 0 Å². The maximum Gasteiger partial charge on any atom is 0.246 e. The van der Waals surface area contributed by atoms with Crippen molar-refractivity contribution in [2.75, 3.05) is 27.2 Å². The lowest BCUT2D eigenvalue weighted by atomic mass is 9.94. The fraction of sp³-hybridized carbons (Fsp3) is 0.538. The molecular formula is C13H21BrN2O3S. The van der Waals surface area contributed by atoms with E-state index in [9.17, 15) is 8.42 Å². The molecule has 1 aromatic rings. The summed E-state index contributed by atoms with van der Waals surface area (Å²) in [5.41, 5.74) is 5.37. The molecule has 0 aliphatic rings. The third kappa shape index (κ3) is 3.94. The summed E-state index contributed by atoms with van der Waals surface area (Å²) >= 11 is 3.28. The topological polar surface area (TPSA) is 72.6 Å². The van der Waals surface area contributed by atoms with E-state index in [0.717, 1.165) is 0 Å². The molecule has 0 saturated carbocycles. The number of sulfonamides is 1. The standard InChI is InChI=1S/C13H21BrN2O3S/c1-13(2,8-15)9-16(3)20(17,18)12-7-10(14)5-6-11(12)19-4/h5-7H,8-9,15H2,1-4H3. The summed E-state index contributed by atoms with van der Waals surface area (Å²) < 4.78 is 32.4. The lowest BCUT2D eigenvalue weighted by molar-refractivity contribution is 0.291. The van der Waals surface area contributed by atoms with Gasteiger partial charge in [-0.3, -0.25) is 0 Å². The highest BCUT2D eigenvalue weighted by Crippen LogP contribution is 2.30. The molecule has 1 aromatic carbocycles. The Bertz CT molecular complexity index is 573. The summed E-state index contributed by atoms with van der Waals surface area (Å²) in [5, 5.41) is 0. The summed E-state index contributed by atoms with van der Waals surface area (Å²) in [5.74, 6) is 0.325. The molecule has 0 aromatic heterocycles. The highest BCUT2D eigenvalue weighted by Gasteiger charge is 2.29. The Kier molecular flexibility index (Phi) is 5.60. The fourth-order valence-corrected chi connectivity index (χ4v) is 3.82. The molecule has 0 amide bonds. The average molecular weight is 365 g/mol. The second-order valence-corrected chi connectivity index (χ2v) is 8.35. The van der Waals surface area contributed by atoms with Gasteiger partial charge >= 0.3 is 0 Å². The van der Waals surface area contributed by atoms with Gasteiger partial charge in [0.25, 0.3) is 0 Å². The maximum absolute atomic E-state index is 12.6. The van der Waals surface area contributed by atoms with Crippen LogP contribution < -0.4 is 10.5 Å². The Morgan fingerprint density at radius 1 is 1.40 bits per heavy atom. The Morgan fingerprint density at radius 3 is 2.50 bits per heavy atom. The van der Waals surface area contributed by atoms with E-state index < -0.39 is 10.0 Å². The number of hydrogen-bond acceptors (Lipinski definition) is 4. The lowest BCUT2D eigenvalue weighted by Gasteiger charge is -2.28. The Labute approximate surface area is 129 Å². The van der Waals surface area contributed by atoms with Crippen molar-refractivity contribution >= 4 is 26.0 Å². The summed E-state index contributed by atoms with van der Waals surface area (Å²) in [6.45, 7) is 4.60. The normalized spacial score (nSPS) is 12.8. The van der Waals surface area contributed by atoms with Gasteiger partial charge in [-0.05, 0) is 30.2 Å². The van der Waals surface area contributed by atoms with E-state index in [1.54, 1.807) is 25.2 Å². The van der Waals surface area contributed by atoms with Crippen LogP contribution in [0.3, 0.4) is 0 Å². The van der Waals surface area contributed by atoms with Crippen molar-refractivity contribution in [3.63, 3.8) is 0 Å². The highest BCUT2D eigenvalue weighted by molar-refractivity contribution is 9.10. The van der Waals surface area contributed by atoms with Gasteiger partial charge in [0.2, 0.25) is 10.0 Å². The zero-order valence-corrected chi connectivity index (χ0v) is 14.6. The first-order valence-electron chi connectivity index (χ1n) is 6.14. The molecule has 0 heterocycles. The smallest absolute Gasteiger partial charge is 0.246 e. The molecule has 0 saturated heterocycles. The molecule has 0 bridgehead atoms. The van der Waals surface area contributed by atoms with Gasteiger partial charge in [-0.25, -0.2) is 12.7 Å². The van der Waals surface area contributed by atoms with Crippen LogP contribution in [0, 0.1) is 5.41 Å². The molecule has 0 aliphatic carbocycles. The van der Waals surface area contributed by atoms with Gasteiger partial charge in [0.15, 0.2) is 0 Å². The van der Waals surface area contributed by atoms with E-state index in [1.807, 2.05) is 13.8 Å². The molecule has 0 fully saturated rings. The van der Waals surface area contributed by atoms with Crippen molar-refractivity contribution < 1.29 is 13.2 Å². The molecule has 0 aliphatic heterocycles. The van der Waals surface area contributed by atoms with E-state index >= 15 is 0 Å². The Hall–Kier alpha value is -0.630. The van der Waals surface area contributed by atoms with E-state index in [-0.39, 0.29) is 10.3 Å². The van der Waals surface area contributed by atoms with Crippen LogP contribution in [0.2, 0.25) is 0 Å². The summed E-state index contributed by atoms with van der Waals surface area (Å²) in [6, 6.07) is 4.90. The van der Waals surface area contributed by atoms with E-state index in [4.69, 9.17) is 10.5 Å². The van der Waals surface area contributed by atoms with Gasteiger partial charge in [0.1, 0.15) is 10.6 Å². The largest absolute Gasteiger partial charge is 0.495 e. The zero-order valence-electron chi connectivity index (χ0n) is 12.2. The van der Waals surface area contributed by atoms with E-state index in [0.29, 0.717) is 23.3 Å². The van der Waals surface area contributed by atoms with Crippen LogP contribution in [0.5, 0.6) is 5.75 Å². The second kappa shape index (κ2) is 6.43. The maximum atomic E-state index is 12.6. The number of hydrogen-bond donors (Lipinski definition) is 1. The SMILES string of the molecule is COc1ccc(Br)cc1S(=O)(=O)N(C)CC(C)(C)CN. The molecule has 0 radical (unpaired) electrons. The zero-order chi connectivity index (χ0) is 15.6. The van der Waals surface area contributed by atoms with Crippen LogP contribution in [0.15, 0.2) is 27.6 Å². The second-order valence-electron chi connectivity index (χ2n) is 5.42. The Balaban J connectivity index is 3.20. The predicted molar refractivity (Wildman–Crippen MR) is 83.3 cm³/mol. The van der Waals surface area contributed by atoms with Crippen LogP contribution in [0.1, 0.15) is 13.8 Å². The Morgan fingerprint density at radius 2 is 2.00 bits per heavy atom. The number of rotatable bonds is 6. The number of nitrogens with two attached hydrogens (primary N) is 1. The third-order valence-electron chi connectivity index (χ3n) is 3.02. The van der Waals surface area contributed by atoms with Gasteiger partial charge in [0, 0.05) is 18.1 Å². The molecule has 0 atom stereocenters. The van der Waals surface area contributed by atoms with Crippen LogP contribution in [0.25, 0.3) is 0 Å². The number of benzene rings is 1. The first-order valence-corrected chi connectivity index (χ1v) is 8.37. The number of halogens is 1. The third-order valence-corrected chi connectivity index (χ3v) is 5.34. The van der Waals surface area contributed by atoms with Crippen molar-refractivity contribution in [3.05, 3.63) is 22.7 Å². The molecule has 20 heavy (non-hydrogen) atoms. The number of methoxy groups -OCH3 is 1. The predicted octanol–water partition coefficient (Wildman–Crippen LogP) is 2.06. The minimum atomic E-state index is -3.62. The van der Waals surface area contributed by atoms with E-state index in [1.165, 1.54) is 11.4 Å². The molecule has 0 unspecified atom stereocenters. The fourth-order valence-electron chi connectivity index (χ4n) is 1.77. The van der Waals surface area contributed by atoms with Gasteiger partial charge < -0.3 is 10.5 Å². The molecule has 114 valence electrons. The van der Waals surface area contributed by atoms with Crippen LogP contribution in [-0.2, 0) is 10.0 Å². The molecule has 1 rings (SSSR count). The average Bonchev–Trinajstić information content (AvgIpc) is 2.38. The number of nitrogens with zero attached hydrogens (tertiary/aromatic N) is 1. The summed E-state index contributed by atoms with van der Waals surface area (Å²) in [4.78, 5) is 0.143. The van der Waals surface area contributed by atoms with Gasteiger partial charge in [-0.2, -0.15) is 0 Å². The van der Waals surface area contributed by atoms with Gasteiger partial charge in [0.05, 0.1) is 7.11 Å². The van der Waals surface area contributed by atoms with Crippen molar-refractivity contribution in [2.45, 2.75) is 18.7 Å². The quantitative estimate of drug-likeness (QED) is 0.838. The van der Waals surface area contributed by atoms with Crippen molar-refractivity contribution in [1.82, 2.24) is 4.31 Å². The monoisotopic (exact) mass is 364 g/mol. The van der Waals surface area contributed by atoms with Gasteiger partial charge in [-0.15, -0.1) is 0 Å². The minimum absolute atomic E-state index is 0.143. The number of ether oxygens (including phenoxy) is 1. The highest BCUT2D eigenvalue weighted by atomic mass is 79.9. The van der Waals surface area contributed by atoms with Gasteiger partial charge in [-0.1, -0.05) is 29.8 Å². The summed E-state index contributed by atoms with van der Waals surface area (Å²) in [7, 11) is -0.626. The van der Waals surface area contributed by atoms with Crippen LogP contribution in [-0.4, -0.2) is 40.0 Å². The molecule has 5 nitrogen and oxygen atoms in total. The van der Waals surface area contributed by atoms with Crippen LogP contribution >= 0.6 is 15.9 Å². The summed E-state index contributed by atoms with van der Waals surface area (Å²) in [6.07, 6.45) is 0. The molecule has 0 spiro atoms. The minimum Gasteiger partial charge on any atom is -0.495 e. The van der Waals surface area contributed by atoms with E-state index in [2.05, 4.69) is 15.9 Å². The lowest BCUT2D eigenvalue weighted by Crippen LogP contribution is -2.39. The van der Waals surface area contributed by atoms with Crippen molar-refractivity contribution in [2.24, 2.45) is 11.1 Å². The molecule has 7 heteroatoms. The molecule has 2 N–H and O–H groups in total. The first-order chi connectivity index (χ1) is 9.14. The van der Waals surface area contributed by atoms with Crippen LogP contribution in [0.4, 0.5) is 0 Å². The first kappa shape index (κ1) is 17.4.